The van der Waals surface area contributed by atoms with E-state index in [0.29, 0.717) is 24.0 Å². The van der Waals surface area contributed by atoms with Crippen molar-refractivity contribution >= 4 is 94.6 Å². The van der Waals surface area contributed by atoms with Crippen molar-refractivity contribution < 1.29 is 57.5 Å². The van der Waals surface area contributed by atoms with Crippen LogP contribution < -0.4 is 98.2 Å². The molecule has 2 rings (SSSR count). The minimum absolute atomic E-state index is 0.0147. The fourth-order valence-corrected chi connectivity index (χ4v) is 10.8. The summed E-state index contributed by atoms with van der Waals surface area (Å²) in [7, 11) is 0. The average Bonchev–Trinajstić information content (AvgIpc) is 0.908. The van der Waals surface area contributed by atoms with Gasteiger partial charge in [-0.2, -0.15) is 11.8 Å². The third-order valence-electron chi connectivity index (χ3n) is 15.5. The molecule has 0 fully saturated rings. The summed E-state index contributed by atoms with van der Waals surface area (Å²) in [6, 6.07) is 5.01. The summed E-state index contributed by atoms with van der Waals surface area (Å²) >= 11 is 0.919. The molecule has 0 bridgehead atoms. The van der Waals surface area contributed by atoms with Crippen LogP contribution in [-0.4, -0.2) is 181 Å². The number of thioether (sulfide) groups is 1. The van der Waals surface area contributed by atoms with E-state index in [9.17, 15) is 57.5 Å². The molecule has 0 saturated carbocycles. The molecule has 2 aromatic rings. The van der Waals surface area contributed by atoms with Gasteiger partial charge in [-0.25, -0.2) is 0 Å². The highest BCUT2D eigenvalue weighted by atomic mass is 32.2. The van der Waals surface area contributed by atoms with E-state index >= 15 is 0 Å². The van der Waals surface area contributed by atoms with E-state index in [4.69, 9.17) is 45.2 Å². The number of nitrogens with two attached hydrogens (primary N) is 6. The summed E-state index contributed by atoms with van der Waals surface area (Å²) in [6.45, 7) is 13.1. The van der Waals surface area contributed by atoms with Gasteiger partial charge in [0, 0.05) is 24.6 Å². The van der Waals surface area contributed by atoms with E-state index in [1.807, 2.05) is 27.7 Å². The quantitative estimate of drug-likeness (QED) is 0.0175. The molecule has 0 unspecified atom stereocenters. The number of carbonyl (C=O) groups is 12. The van der Waals surface area contributed by atoms with E-state index in [0.717, 1.165) is 11.8 Å². The highest BCUT2D eigenvalue weighted by Gasteiger charge is 2.36. The number of carbonyl (C=O) groups excluding carboxylic acids is 12. The fraction of sp³-hybridized carbons (Fsp3) is 0.594. The summed E-state index contributed by atoms with van der Waals surface area (Å²) in [6.07, 6.45) is 1.67. The molecule has 0 aliphatic rings. The molecule has 0 aromatic heterocycles. The number of benzene rings is 2. The van der Waals surface area contributed by atoms with Gasteiger partial charge in [0.05, 0.1) is 25.2 Å². The first-order valence-corrected chi connectivity index (χ1v) is 33.8. The van der Waals surface area contributed by atoms with Gasteiger partial charge in [0.15, 0.2) is 11.9 Å². The number of rotatable bonds is 46. The molecule has 32 nitrogen and oxygen atoms in total. The Morgan fingerprint density at radius 1 is 0.412 bits per heavy atom. The lowest BCUT2D eigenvalue weighted by atomic mass is 9.98. The van der Waals surface area contributed by atoms with Crippen molar-refractivity contribution in [2.45, 2.75) is 180 Å². The van der Waals surface area contributed by atoms with Gasteiger partial charge < -0.3 is 98.2 Å². The Hall–Kier alpha value is -9.11. The van der Waals surface area contributed by atoms with Gasteiger partial charge in [0.2, 0.25) is 70.9 Å². The van der Waals surface area contributed by atoms with Crippen LogP contribution >= 0.6 is 11.8 Å². The van der Waals surface area contributed by atoms with Crippen LogP contribution in [0.1, 0.15) is 118 Å². The van der Waals surface area contributed by atoms with E-state index in [-0.39, 0.29) is 99.7 Å². The van der Waals surface area contributed by atoms with Crippen LogP contribution in [0.15, 0.2) is 60.7 Å². The van der Waals surface area contributed by atoms with Crippen molar-refractivity contribution in [3.63, 3.8) is 0 Å². The van der Waals surface area contributed by atoms with Crippen molar-refractivity contribution in [1.29, 1.82) is 10.8 Å². The van der Waals surface area contributed by atoms with Gasteiger partial charge in [-0.05, 0) is 86.2 Å². The van der Waals surface area contributed by atoms with Crippen LogP contribution in [0.5, 0.6) is 0 Å². The highest BCUT2D eigenvalue weighted by Crippen LogP contribution is 2.16. The zero-order chi connectivity index (χ0) is 72.9. The number of amides is 12. The second-order valence-electron chi connectivity index (χ2n) is 24.8. The summed E-state index contributed by atoms with van der Waals surface area (Å²) in [5, 5.41) is 46.3. The first-order chi connectivity index (χ1) is 45.8. The molecule has 2 aromatic carbocycles. The topological polar surface area (TPSA) is 553 Å². The predicted octanol–water partition coefficient (Wildman–Crippen LogP) is -3.35. The molecule has 0 saturated heterocycles. The average molecular weight is 1380 g/mol. The lowest BCUT2D eigenvalue weighted by molar-refractivity contribution is -0.134. The molecular formula is C64H106N20O12S. The lowest BCUT2D eigenvalue weighted by Gasteiger charge is -2.28. The Morgan fingerprint density at radius 3 is 1.03 bits per heavy atom. The maximum atomic E-state index is 14.7. The fourth-order valence-electron chi connectivity index (χ4n) is 9.68. The standard InChI is InChI=1S/C64H106N20O12S/c1-9-37(7)51(61(95)75-31-49(85)77-43(23-17-25-73-63(69)70)57(91)79-45(53(67)87)27-35(3)4)83-59(93)47(81-55(89)41(65)29-39-19-13-11-14-20-39)33-97-34-48(82-56(90)42(66)30-40-21-15-12-16-22-40)60(94)84-52(38(8)10-2)62(96)76-32-50(86)78-44(24-18-26-74-64(71)72)58(92)80-46(54(68)88)28-36(5)6/h11-16,19-22,35-38,41-48,51-52H,9-10,17-18,23-34,65-66H2,1-8H3,(H2,67,87)(H2,68,88)(H,75,95)(H,76,96)(H,77,85)(H,78,86)(H,79,91)(H,80,92)(H,81,89)(H,82,90)(H,83,93)(H,84,94)(H4,69,70,73)(H4,71,72,74)/t37-,38+,41+,42-,43-,44+,45-,46+,47-,48+,51-,52+. The minimum atomic E-state index is -1.49. The van der Waals surface area contributed by atoms with Gasteiger partial charge in [-0.1, -0.05) is 129 Å². The molecule has 97 heavy (non-hydrogen) atoms. The second kappa shape index (κ2) is 44.6. The SMILES string of the molecule is CC[C@@H](C)[C@@H](NC(=O)[C@@H](CSC[C@H](NC(=O)[C@H](N)Cc1ccccc1)C(=O)N[C@H](C(=O)NCC(=O)N[C@@H](CCCNC(=N)N)C(=O)N[C@@H](CC(C)C)C(N)=O)[C@@H](C)CC)NC(=O)[C@@H](N)Cc1ccccc1)C(=O)NCC(=O)N[C@H](CCCNC(=N)N)C(=O)N[C@H](CC(C)C)C(N)=O. The molecule has 12 amide bonds. The Bertz CT molecular complexity index is 2740. The van der Waals surface area contributed by atoms with Gasteiger partial charge in [-0.15, -0.1) is 0 Å². The molecule has 0 radical (unpaired) electrons. The first kappa shape index (κ1) is 84.0. The smallest absolute Gasteiger partial charge is 0.244 e. The van der Waals surface area contributed by atoms with Gasteiger partial charge >= 0.3 is 0 Å². The monoisotopic (exact) mass is 1380 g/mol. The third-order valence-corrected chi connectivity index (χ3v) is 16.7. The lowest BCUT2D eigenvalue weighted by Crippen LogP contribution is -2.59. The number of nitrogens with one attached hydrogen (secondary N) is 14. The molecule has 0 heterocycles. The van der Waals surface area contributed by atoms with Crippen LogP contribution in [-0.2, 0) is 70.4 Å². The second-order valence-corrected chi connectivity index (χ2v) is 25.9. The molecule has 540 valence electrons. The molecule has 33 heteroatoms. The molecular weight excluding hydrogens is 1270 g/mol. The van der Waals surface area contributed by atoms with Crippen molar-refractivity contribution in [3.8, 4) is 0 Å². The van der Waals surface area contributed by atoms with Crippen LogP contribution in [0.2, 0.25) is 0 Å². The van der Waals surface area contributed by atoms with E-state index in [1.165, 1.54) is 0 Å². The Balaban J connectivity index is 2.53. The van der Waals surface area contributed by atoms with Crippen LogP contribution in [0.4, 0.5) is 0 Å². The predicted molar refractivity (Wildman–Crippen MR) is 370 cm³/mol. The van der Waals surface area contributed by atoms with Crippen molar-refractivity contribution in [3.05, 3.63) is 71.8 Å². The maximum Gasteiger partial charge on any atom is 0.244 e. The Labute approximate surface area is 572 Å². The number of guanidine groups is 2. The summed E-state index contributed by atoms with van der Waals surface area (Å²) in [5.41, 5.74) is 36.2. The highest BCUT2D eigenvalue weighted by molar-refractivity contribution is 7.99. The molecule has 26 N–H and O–H groups in total. The van der Waals surface area contributed by atoms with E-state index in [2.05, 4.69) is 63.8 Å². The molecule has 0 spiro atoms. The number of hydrogen-bond donors (Lipinski definition) is 20. The zero-order valence-electron chi connectivity index (χ0n) is 56.9. The van der Waals surface area contributed by atoms with Crippen LogP contribution in [0.3, 0.4) is 0 Å². The van der Waals surface area contributed by atoms with Crippen LogP contribution in [0, 0.1) is 34.5 Å². The zero-order valence-corrected chi connectivity index (χ0v) is 57.8. The van der Waals surface area contributed by atoms with Gasteiger partial charge in [-0.3, -0.25) is 68.4 Å². The van der Waals surface area contributed by atoms with Crippen molar-refractivity contribution in [1.82, 2.24) is 63.8 Å². The minimum Gasteiger partial charge on any atom is -0.370 e. The number of hydrogen-bond acceptors (Lipinski definition) is 17. The first-order valence-electron chi connectivity index (χ1n) is 32.6. The van der Waals surface area contributed by atoms with E-state index < -0.39 is 156 Å². The van der Waals surface area contributed by atoms with Gasteiger partial charge in [0.1, 0.15) is 48.3 Å². The van der Waals surface area contributed by atoms with Crippen molar-refractivity contribution in [2.75, 3.05) is 37.7 Å². The molecule has 12 atom stereocenters. The maximum absolute atomic E-state index is 14.7. The van der Waals surface area contributed by atoms with Gasteiger partial charge in [0.25, 0.3) is 0 Å². The van der Waals surface area contributed by atoms with Crippen LogP contribution in [0.25, 0.3) is 0 Å². The summed E-state index contributed by atoms with van der Waals surface area (Å²) in [5.74, 6) is -12.2. The Morgan fingerprint density at radius 2 is 0.732 bits per heavy atom. The molecule has 0 aliphatic carbocycles. The normalized spacial score (nSPS) is 14.8. The largest absolute Gasteiger partial charge is 0.370 e. The number of primary amides is 2. The Kier molecular flexibility index (Phi) is 38.6. The third kappa shape index (κ3) is 33.4. The summed E-state index contributed by atoms with van der Waals surface area (Å²) in [4.78, 5) is 164. The van der Waals surface area contributed by atoms with E-state index in [1.54, 1.807) is 88.4 Å². The summed E-state index contributed by atoms with van der Waals surface area (Å²) < 4.78 is 0. The molecule has 0 aliphatic heterocycles. The van der Waals surface area contributed by atoms with Crippen molar-refractivity contribution in [2.24, 2.45) is 58.1 Å².